The number of esters is 1. The molecule has 1 aliphatic rings. The molecule has 1 aromatic heterocycles. The third-order valence-corrected chi connectivity index (χ3v) is 5.85. The zero-order chi connectivity index (χ0) is 19.4. The standard InChI is InChI=1S/C20H22ClNO4S/c1-3-25-20(24)18-15-9-4-12(2)10-16(15)27-19(18)22-17(23)11-26-14-7-5-13(21)6-8-14/h5-8,12H,3-4,9-11H2,1-2H3,(H,22,23)/t12-/m0/s1. The Morgan fingerprint density at radius 3 is 2.74 bits per heavy atom. The second-order valence-electron chi connectivity index (χ2n) is 6.57. The predicted molar refractivity (Wildman–Crippen MR) is 107 cm³/mol. The number of ether oxygens (including phenoxy) is 2. The maximum atomic E-state index is 12.5. The van der Waals surface area contributed by atoms with Gasteiger partial charge < -0.3 is 14.8 Å². The van der Waals surface area contributed by atoms with E-state index >= 15 is 0 Å². The fourth-order valence-electron chi connectivity index (χ4n) is 3.10. The molecule has 1 aliphatic carbocycles. The first-order valence-corrected chi connectivity index (χ1v) is 10.2. The molecule has 27 heavy (non-hydrogen) atoms. The molecular formula is C20H22ClNO4S. The third-order valence-electron chi connectivity index (χ3n) is 4.43. The summed E-state index contributed by atoms with van der Waals surface area (Å²) in [4.78, 5) is 26.0. The van der Waals surface area contributed by atoms with Crippen LogP contribution in [0, 0.1) is 5.92 Å². The number of rotatable bonds is 6. The number of thiophene rings is 1. The largest absolute Gasteiger partial charge is 0.484 e. The van der Waals surface area contributed by atoms with Gasteiger partial charge in [0, 0.05) is 9.90 Å². The van der Waals surface area contributed by atoms with E-state index in [2.05, 4.69) is 12.2 Å². The summed E-state index contributed by atoms with van der Waals surface area (Å²) in [6.07, 6.45) is 2.78. The van der Waals surface area contributed by atoms with Gasteiger partial charge in [-0.2, -0.15) is 0 Å². The number of amides is 1. The Balaban J connectivity index is 1.73. The minimum absolute atomic E-state index is 0.150. The molecule has 1 heterocycles. The van der Waals surface area contributed by atoms with Gasteiger partial charge in [0.1, 0.15) is 10.8 Å². The van der Waals surface area contributed by atoms with Crippen molar-refractivity contribution in [3.05, 3.63) is 45.3 Å². The van der Waals surface area contributed by atoms with Gasteiger partial charge in [0.25, 0.3) is 5.91 Å². The number of hydrogen-bond donors (Lipinski definition) is 1. The van der Waals surface area contributed by atoms with Gasteiger partial charge in [-0.25, -0.2) is 4.79 Å². The molecule has 1 amide bonds. The lowest BCUT2D eigenvalue weighted by molar-refractivity contribution is -0.118. The molecule has 2 aromatic rings. The van der Waals surface area contributed by atoms with Crippen LogP contribution in [0.15, 0.2) is 24.3 Å². The van der Waals surface area contributed by atoms with Gasteiger partial charge in [-0.1, -0.05) is 18.5 Å². The molecule has 1 N–H and O–H groups in total. The van der Waals surface area contributed by atoms with Gasteiger partial charge in [-0.3, -0.25) is 4.79 Å². The van der Waals surface area contributed by atoms with E-state index in [0.717, 1.165) is 29.7 Å². The Bertz CT molecular complexity index is 831. The number of anilines is 1. The molecule has 1 aromatic carbocycles. The number of nitrogens with one attached hydrogen (secondary N) is 1. The summed E-state index contributed by atoms with van der Waals surface area (Å²) < 4.78 is 10.7. The van der Waals surface area contributed by atoms with E-state index in [4.69, 9.17) is 21.1 Å². The van der Waals surface area contributed by atoms with Gasteiger partial charge in [0.05, 0.1) is 12.2 Å². The molecule has 5 nitrogen and oxygen atoms in total. The van der Waals surface area contributed by atoms with Crippen LogP contribution in [-0.4, -0.2) is 25.1 Å². The summed E-state index contributed by atoms with van der Waals surface area (Å²) in [7, 11) is 0. The number of halogens is 1. The van der Waals surface area contributed by atoms with Crippen LogP contribution < -0.4 is 10.1 Å². The Morgan fingerprint density at radius 1 is 1.30 bits per heavy atom. The van der Waals surface area contributed by atoms with E-state index in [-0.39, 0.29) is 18.5 Å². The van der Waals surface area contributed by atoms with Crippen molar-refractivity contribution in [3.63, 3.8) is 0 Å². The van der Waals surface area contributed by atoms with Crippen molar-refractivity contribution < 1.29 is 19.1 Å². The van der Waals surface area contributed by atoms with Crippen LogP contribution in [0.25, 0.3) is 0 Å². The molecule has 144 valence electrons. The first-order chi connectivity index (χ1) is 13.0. The average Bonchev–Trinajstić information content (AvgIpc) is 2.98. The van der Waals surface area contributed by atoms with Gasteiger partial charge in [0.15, 0.2) is 6.61 Å². The third kappa shape index (κ3) is 4.82. The van der Waals surface area contributed by atoms with Crippen molar-refractivity contribution in [2.75, 3.05) is 18.5 Å². The van der Waals surface area contributed by atoms with Crippen molar-refractivity contribution in [2.24, 2.45) is 5.92 Å². The van der Waals surface area contributed by atoms with E-state index in [1.807, 2.05) is 0 Å². The van der Waals surface area contributed by atoms with Crippen LogP contribution in [0.2, 0.25) is 5.02 Å². The van der Waals surface area contributed by atoms with Gasteiger partial charge in [-0.15, -0.1) is 11.3 Å². The molecule has 0 saturated heterocycles. The summed E-state index contributed by atoms with van der Waals surface area (Å²) in [5, 5.41) is 3.99. The predicted octanol–water partition coefficient (Wildman–Crippen LogP) is 4.72. The zero-order valence-corrected chi connectivity index (χ0v) is 16.9. The van der Waals surface area contributed by atoms with Crippen LogP contribution in [-0.2, 0) is 22.4 Å². The number of carbonyl (C=O) groups excluding carboxylic acids is 2. The fraction of sp³-hybridized carbons (Fsp3) is 0.400. The van der Waals surface area contributed by atoms with E-state index < -0.39 is 0 Å². The lowest BCUT2D eigenvalue weighted by atomic mass is 9.88. The molecule has 0 aliphatic heterocycles. The van der Waals surface area contributed by atoms with Crippen LogP contribution >= 0.6 is 22.9 Å². The number of hydrogen-bond acceptors (Lipinski definition) is 5. The second kappa shape index (κ2) is 8.76. The molecule has 1 atom stereocenters. The maximum absolute atomic E-state index is 12.5. The molecule has 3 rings (SSSR count). The van der Waals surface area contributed by atoms with Crippen molar-refractivity contribution in [2.45, 2.75) is 33.1 Å². The molecule has 0 unspecified atom stereocenters. The lowest BCUT2D eigenvalue weighted by Crippen LogP contribution is -2.21. The smallest absolute Gasteiger partial charge is 0.341 e. The highest BCUT2D eigenvalue weighted by molar-refractivity contribution is 7.17. The summed E-state index contributed by atoms with van der Waals surface area (Å²) in [6, 6.07) is 6.79. The van der Waals surface area contributed by atoms with E-state index in [1.54, 1.807) is 31.2 Å². The summed E-state index contributed by atoms with van der Waals surface area (Å²) in [5.74, 6) is 0.433. The van der Waals surface area contributed by atoms with Crippen LogP contribution in [0.4, 0.5) is 5.00 Å². The molecule has 7 heteroatoms. The topological polar surface area (TPSA) is 64.6 Å². The quantitative estimate of drug-likeness (QED) is 0.703. The highest BCUT2D eigenvalue weighted by Crippen LogP contribution is 2.40. The monoisotopic (exact) mass is 407 g/mol. The van der Waals surface area contributed by atoms with Crippen molar-refractivity contribution in [3.8, 4) is 5.75 Å². The minimum Gasteiger partial charge on any atom is -0.484 e. The van der Waals surface area contributed by atoms with Crippen LogP contribution in [0.3, 0.4) is 0 Å². The normalized spacial score (nSPS) is 15.7. The molecular weight excluding hydrogens is 386 g/mol. The Morgan fingerprint density at radius 2 is 2.04 bits per heavy atom. The summed E-state index contributed by atoms with van der Waals surface area (Å²) in [6.45, 7) is 4.12. The fourth-order valence-corrected chi connectivity index (χ4v) is 4.64. The summed E-state index contributed by atoms with van der Waals surface area (Å²) >= 11 is 7.30. The number of carbonyl (C=O) groups is 2. The van der Waals surface area contributed by atoms with E-state index in [0.29, 0.717) is 33.9 Å². The molecule has 0 spiro atoms. The Labute approximate surface area is 167 Å². The SMILES string of the molecule is CCOC(=O)c1c(NC(=O)COc2ccc(Cl)cc2)sc2c1CC[C@H](C)C2. The lowest BCUT2D eigenvalue weighted by Gasteiger charge is -2.18. The Kier molecular flexibility index (Phi) is 6.39. The summed E-state index contributed by atoms with van der Waals surface area (Å²) in [5.41, 5.74) is 1.52. The van der Waals surface area contributed by atoms with Crippen molar-refractivity contribution >= 4 is 39.8 Å². The molecule has 0 radical (unpaired) electrons. The highest BCUT2D eigenvalue weighted by atomic mass is 35.5. The number of benzene rings is 1. The van der Waals surface area contributed by atoms with Gasteiger partial charge in [-0.05, 0) is 61.9 Å². The molecule has 0 saturated carbocycles. The molecule has 0 fully saturated rings. The number of fused-ring (bicyclic) bond motifs is 1. The Hall–Kier alpha value is -2.05. The average molecular weight is 408 g/mol. The van der Waals surface area contributed by atoms with Gasteiger partial charge >= 0.3 is 5.97 Å². The zero-order valence-electron chi connectivity index (χ0n) is 15.3. The van der Waals surface area contributed by atoms with Gasteiger partial charge in [0.2, 0.25) is 0 Å². The van der Waals surface area contributed by atoms with Crippen molar-refractivity contribution in [1.82, 2.24) is 0 Å². The van der Waals surface area contributed by atoms with E-state index in [9.17, 15) is 9.59 Å². The van der Waals surface area contributed by atoms with Crippen molar-refractivity contribution in [1.29, 1.82) is 0 Å². The van der Waals surface area contributed by atoms with Crippen LogP contribution in [0.5, 0.6) is 5.75 Å². The first kappa shape index (κ1) is 19.7. The minimum atomic E-state index is -0.376. The molecule has 0 bridgehead atoms. The van der Waals surface area contributed by atoms with E-state index in [1.165, 1.54) is 11.3 Å². The second-order valence-corrected chi connectivity index (χ2v) is 8.11. The first-order valence-electron chi connectivity index (χ1n) is 8.97. The van der Waals surface area contributed by atoms with Crippen LogP contribution in [0.1, 0.15) is 41.1 Å². The highest BCUT2D eigenvalue weighted by Gasteiger charge is 2.29. The maximum Gasteiger partial charge on any atom is 0.341 e.